The molecule has 1 aliphatic rings. The number of aromatic amines is 1. The second kappa shape index (κ2) is 6.75. The van der Waals surface area contributed by atoms with Crippen LogP contribution in [0.3, 0.4) is 0 Å². The summed E-state index contributed by atoms with van der Waals surface area (Å²) in [7, 11) is 0. The molecule has 5 nitrogen and oxygen atoms in total. The summed E-state index contributed by atoms with van der Waals surface area (Å²) in [5.41, 5.74) is 2.88. The minimum absolute atomic E-state index is 0.0203. The van der Waals surface area contributed by atoms with E-state index in [1.807, 2.05) is 25.3 Å². The highest BCUT2D eigenvalue weighted by atomic mass is 16.1. The topological polar surface area (TPSA) is 61.0 Å². The highest BCUT2D eigenvalue weighted by Gasteiger charge is 2.22. The van der Waals surface area contributed by atoms with E-state index in [9.17, 15) is 4.79 Å². The van der Waals surface area contributed by atoms with Crippen LogP contribution in [0.1, 0.15) is 34.5 Å². The number of amides is 1. The van der Waals surface area contributed by atoms with Crippen LogP contribution in [0.4, 0.5) is 0 Å². The number of carbonyl (C=O) groups excluding carboxylic acids is 1. The highest BCUT2D eigenvalue weighted by Crippen LogP contribution is 2.14. The van der Waals surface area contributed by atoms with Crippen molar-refractivity contribution in [3.8, 4) is 0 Å². The molecule has 0 aliphatic carbocycles. The van der Waals surface area contributed by atoms with Gasteiger partial charge in [0.2, 0.25) is 0 Å². The van der Waals surface area contributed by atoms with Crippen LogP contribution in [-0.2, 0) is 6.54 Å². The molecule has 2 N–H and O–H groups in total. The Balaban J connectivity index is 1.57. The van der Waals surface area contributed by atoms with E-state index in [2.05, 4.69) is 26.3 Å². The predicted octanol–water partition coefficient (Wildman–Crippen LogP) is 2.11. The smallest absolute Gasteiger partial charge is 0.253 e. The van der Waals surface area contributed by atoms with Crippen LogP contribution in [0.5, 0.6) is 0 Å². The molecular weight excluding hydrogens is 276 g/mol. The van der Waals surface area contributed by atoms with Gasteiger partial charge in [-0.05, 0) is 44.0 Å². The third-order valence-corrected chi connectivity index (χ3v) is 4.17. The predicted molar refractivity (Wildman–Crippen MR) is 85.5 cm³/mol. The second-order valence-corrected chi connectivity index (χ2v) is 5.93. The molecule has 2 aromatic rings. The van der Waals surface area contributed by atoms with Crippen LogP contribution >= 0.6 is 0 Å². The van der Waals surface area contributed by atoms with Crippen molar-refractivity contribution in [2.24, 2.45) is 0 Å². The van der Waals surface area contributed by atoms with Crippen LogP contribution in [0, 0.1) is 6.92 Å². The lowest BCUT2D eigenvalue weighted by Gasteiger charge is -2.33. The quantitative estimate of drug-likeness (QED) is 0.909. The molecule has 5 heteroatoms. The lowest BCUT2D eigenvalue weighted by Crippen LogP contribution is -2.47. The summed E-state index contributed by atoms with van der Waals surface area (Å²) in [4.78, 5) is 21.9. The maximum absolute atomic E-state index is 12.3. The number of nitrogens with zero attached hydrogens (tertiary/aromatic N) is 2. The Kier molecular flexibility index (Phi) is 4.53. The molecular formula is C17H22N4O. The Labute approximate surface area is 130 Å². The molecule has 2 aromatic heterocycles. The van der Waals surface area contributed by atoms with E-state index in [-0.39, 0.29) is 11.9 Å². The van der Waals surface area contributed by atoms with E-state index in [1.165, 1.54) is 5.56 Å². The lowest BCUT2D eigenvalue weighted by molar-refractivity contribution is 0.0900. The van der Waals surface area contributed by atoms with Crippen LogP contribution in [0.25, 0.3) is 0 Å². The fourth-order valence-electron chi connectivity index (χ4n) is 3.03. The fourth-order valence-corrected chi connectivity index (χ4v) is 3.03. The van der Waals surface area contributed by atoms with Crippen molar-refractivity contribution in [1.82, 2.24) is 20.2 Å². The van der Waals surface area contributed by atoms with Gasteiger partial charge < -0.3 is 10.3 Å². The van der Waals surface area contributed by atoms with Gasteiger partial charge in [-0.15, -0.1) is 0 Å². The van der Waals surface area contributed by atoms with E-state index in [0.29, 0.717) is 0 Å². The van der Waals surface area contributed by atoms with Gasteiger partial charge in [-0.2, -0.15) is 0 Å². The first kappa shape index (κ1) is 14.8. The average Bonchev–Trinajstić information content (AvgIpc) is 2.95. The zero-order chi connectivity index (χ0) is 15.4. The van der Waals surface area contributed by atoms with Crippen molar-refractivity contribution in [1.29, 1.82) is 0 Å². The molecule has 0 spiro atoms. The van der Waals surface area contributed by atoms with Crippen molar-refractivity contribution < 1.29 is 4.79 Å². The number of nitrogens with one attached hydrogen (secondary N) is 2. The molecule has 3 heterocycles. The summed E-state index contributed by atoms with van der Waals surface area (Å²) in [6.45, 7) is 4.78. The van der Waals surface area contributed by atoms with Crippen molar-refractivity contribution in [2.45, 2.75) is 32.4 Å². The minimum atomic E-state index is 0.0203. The van der Waals surface area contributed by atoms with E-state index < -0.39 is 0 Å². The lowest BCUT2D eigenvalue weighted by atomic mass is 10.0. The number of rotatable bonds is 4. The van der Waals surface area contributed by atoms with Crippen LogP contribution in [0.15, 0.2) is 36.8 Å². The number of pyridine rings is 1. The number of H-pyrrole nitrogens is 1. The third kappa shape index (κ3) is 3.54. The minimum Gasteiger partial charge on any atom is -0.365 e. The number of piperidine rings is 1. The van der Waals surface area contributed by atoms with Crippen molar-refractivity contribution >= 4 is 5.91 Å². The SMILES string of the molecule is Cc1[nH]ccc1C(=O)N[C@@H]1CCCN(Cc2cccnc2)C1. The number of hydrogen-bond donors (Lipinski definition) is 2. The largest absolute Gasteiger partial charge is 0.365 e. The van der Waals surface area contributed by atoms with Gasteiger partial charge >= 0.3 is 0 Å². The van der Waals surface area contributed by atoms with Gasteiger partial charge in [0.15, 0.2) is 0 Å². The molecule has 0 saturated carbocycles. The Morgan fingerprint density at radius 3 is 3.14 bits per heavy atom. The van der Waals surface area contributed by atoms with Gasteiger partial charge in [-0.3, -0.25) is 14.7 Å². The first-order valence-corrected chi connectivity index (χ1v) is 7.78. The summed E-state index contributed by atoms with van der Waals surface area (Å²) >= 11 is 0. The Morgan fingerprint density at radius 2 is 2.41 bits per heavy atom. The average molecular weight is 298 g/mol. The van der Waals surface area contributed by atoms with E-state index in [4.69, 9.17) is 0 Å². The summed E-state index contributed by atoms with van der Waals surface area (Å²) in [5.74, 6) is 0.0203. The molecule has 116 valence electrons. The molecule has 0 unspecified atom stereocenters. The van der Waals surface area contributed by atoms with Gasteiger partial charge in [0.05, 0.1) is 5.56 Å². The molecule has 22 heavy (non-hydrogen) atoms. The van der Waals surface area contributed by atoms with E-state index in [0.717, 1.165) is 43.7 Å². The number of likely N-dealkylation sites (tertiary alicyclic amines) is 1. The van der Waals surface area contributed by atoms with Gasteiger partial charge in [0.1, 0.15) is 0 Å². The maximum Gasteiger partial charge on any atom is 0.253 e. The Bertz CT molecular complexity index is 623. The van der Waals surface area contributed by atoms with Gasteiger partial charge in [-0.25, -0.2) is 0 Å². The number of carbonyl (C=O) groups is 1. The summed E-state index contributed by atoms with van der Waals surface area (Å²) in [6.07, 6.45) is 7.66. The highest BCUT2D eigenvalue weighted by molar-refractivity contribution is 5.95. The monoisotopic (exact) mass is 298 g/mol. The normalized spacial score (nSPS) is 19.0. The van der Waals surface area contributed by atoms with Gasteiger partial charge in [0.25, 0.3) is 5.91 Å². The molecule has 1 fully saturated rings. The number of aryl methyl sites for hydroxylation is 1. The molecule has 1 saturated heterocycles. The van der Waals surface area contributed by atoms with Crippen molar-refractivity contribution in [3.05, 3.63) is 53.6 Å². The zero-order valence-corrected chi connectivity index (χ0v) is 12.9. The zero-order valence-electron chi connectivity index (χ0n) is 12.9. The number of hydrogen-bond acceptors (Lipinski definition) is 3. The van der Waals surface area contributed by atoms with Gasteiger partial charge in [-0.1, -0.05) is 6.07 Å². The van der Waals surface area contributed by atoms with Crippen molar-refractivity contribution in [2.75, 3.05) is 13.1 Å². The van der Waals surface area contributed by atoms with Crippen molar-refractivity contribution in [3.63, 3.8) is 0 Å². The molecule has 1 amide bonds. The molecule has 0 bridgehead atoms. The third-order valence-electron chi connectivity index (χ3n) is 4.17. The molecule has 1 atom stereocenters. The van der Waals surface area contributed by atoms with Crippen LogP contribution in [-0.4, -0.2) is 39.9 Å². The summed E-state index contributed by atoms with van der Waals surface area (Å²) < 4.78 is 0. The fraction of sp³-hybridized carbons (Fsp3) is 0.412. The first-order chi connectivity index (χ1) is 10.7. The summed E-state index contributed by atoms with van der Waals surface area (Å²) in [5, 5.41) is 3.16. The van der Waals surface area contributed by atoms with Crippen LogP contribution in [0.2, 0.25) is 0 Å². The van der Waals surface area contributed by atoms with E-state index in [1.54, 1.807) is 12.4 Å². The molecule has 0 radical (unpaired) electrons. The van der Waals surface area contributed by atoms with E-state index >= 15 is 0 Å². The second-order valence-electron chi connectivity index (χ2n) is 5.93. The van der Waals surface area contributed by atoms with Gasteiger partial charge in [0, 0.05) is 43.4 Å². The molecule has 1 aliphatic heterocycles. The molecule has 0 aromatic carbocycles. The Morgan fingerprint density at radius 1 is 1.50 bits per heavy atom. The summed E-state index contributed by atoms with van der Waals surface area (Å²) in [6, 6.07) is 6.11. The van der Waals surface area contributed by atoms with Crippen LogP contribution < -0.4 is 5.32 Å². The standard InChI is InChI=1S/C17H22N4O/c1-13-16(6-8-19-13)17(22)20-15-5-3-9-21(12-15)11-14-4-2-7-18-10-14/h2,4,6-8,10,15,19H,3,5,9,11-12H2,1H3,(H,20,22)/t15-/m1/s1. The first-order valence-electron chi connectivity index (χ1n) is 7.78. The maximum atomic E-state index is 12.3. The Hall–Kier alpha value is -2.14. The molecule has 3 rings (SSSR count). The number of aromatic nitrogens is 2.